The molecular formula is C21H32FN3O5S. The number of hydrogen-bond acceptors (Lipinski definition) is 6. The molecule has 2 aliphatic rings. The molecule has 2 heterocycles. The largest absolute Gasteiger partial charge is 0.396 e. The zero-order chi connectivity index (χ0) is 22.4. The molecule has 2 fully saturated rings. The van der Waals surface area contributed by atoms with Crippen molar-refractivity contribution in [2.24, 2.45) is 0 Å². The minimum atomic E-state index is -3.44. The highest BCUT2D eigenvalue weighted by atomic mass is 32.2. The van der Waals surface area contributed by atoms with Gasteiger partial charge in [0.2, 0.25) is 15.9 Å². The summed E-state index contributed by atoms with van der Waals surface area (Å²) in [5.74, 6) is -0.442. The number of hydrogen-bond donors (Lipinski definition) is 2. The Balaban J connectivity index is 1.61. The van der Waals surface area contributed by atoms with E-state index < -0.39 is 22.1 Å². The molecule has 0 radical (unpaired) electrons. The summed E-state index contributed by atoms with van der Waals surface area (Å²) in [5, 5.41) is 9.16. The molecule has 0 unspecified atom stereocenters. The number of nitrogens with zero attached hydrogens (tertiary/aromatic N) is 2. The number of para-hydroxylation sites is 1. The van der Waals surface area contributed by atoms with Gasteiger partial charge in [-0.2, -0.15) is 0 Å². The standard InChI is InChI=1S/C21H32FN3O5S/c1-31(28,29)23-18-6-4-11-25(21(27)10-14-26)20(18)15-30-16-8-12-24(13-9-16)19-7-3-2-5-17(19)22/h2-3,5,7,16,18,20,23,26H,4,6,8-15H2,1H3/t18-,20-/m0/s1. The second-order valence-electron chi connectivity index (χ2n) is 8.24. The third-order valence-corrected chi connectivity index (χ3v) is 6.66. The fraction of sp³-hybridized carbons (Fsp3) is 0.667. The van der Waals surface area contributed by atoms with Crippen LogP contribution in [0.25, 0.3) is 0 Å². The third kappa shape index (κ3) is 6.61. The molecule has 31 heavy (non-hydrogen) atoms. The van der Waals surface area contributed by atoms with Crippen molar-refractivity contribution in [1.82, 2.24) is 9.62 Å². The lowest BCUT2D eigenvalue weighted by atomic mass is 9.96. The van der Waals surface area contributed by atoms with E-state index in [9.17, 15) is 17.6 Å². The molecule has 0 bridgehead atoms. The lowest BCUT2D eigenvalue weighted by Gasteiger charge is -2.42. The molecule has 8 nitrogen and oxygen atoms in total. The number of rotatable bonds is 8. The van der Waals surface area contributed by atoms with Crippen molar-refractivity contribution < 1.29 is 27.4 Å². The number of anilines is 1. The molecule has 2 N–H and O–H groups in total. The van der Waals surface area contributed by atoms with E-state index in [0.29, 0.717) is 38.2 Å². The van der Waals surface area contributed by atoms with Crippen molar-refractivity contribution in [3.63, 3.8) is 0 Å². The minimum Gasteiger partial charge on any atom is -0.396 e. The van der Waals surface area contributed by atoms with Gasteiger partial charge in [0.05, 0.1) is 37.3 Å². The number of carbonyl (C=O) groups is 1. The first-order valence-corrected chi connectivity index (χ1v) is 12.7. The lowest BCUT2D eigenvalue weighted by Crippen LogP contribution is -2.59. The summed E-state index contributed by atoms with van der Waals surface area (Å²) in [4.78, 5) is 16.1. The first-order valence-electron chi connectivity index (χ1n) is 10.8. The number of aliphatic hydroxyl groups is 1. The van der Waals surface area contributed by atoms with Gasteiger partial charge in [-0.15, -0.1) is 0 Å². The van der Waals surface area contributed by atoms with Crippen LogP contribution in [0.15, 0.2) is 24.3 Å². The third-order valence-electron chi connectivity index (χ3n) is 5.93. The normalized spacial score (nSPS) is 23.2. The number of piperidine rings is 2. The fourth-order valence-electron chi connectivity index (χ4n) is 4.43. The van der Waals surface area contributed by atoms with Crippen molar-refractivity contribution in [3.8, 4) is 0 Å². The van der Waals surface area contributed by atoms with E-state index >= 15 is 0 Å². The molecule has 0 aromatic heterocycles. The summed E-state index contributed by atoms with van der Waals surface area (Å²) >= 11 is 0. The summed E-state index contributed by atoms with van der Waals surface area (Å²) in [6.07, 6.45) is 3.81. The van der Waals surface area contributed by atoms with Crippen LogP contribution in [0.2, 0.25) is 0 Å². The number of benzene rings is 1. The number of ether oxygens (including phenoxy) is 1. The van der Waals surface area contributed by atoms with Crippen LogP contribution < -0.4 is 9.62 Å². The molecule has 0 aliphatic carbocycles. The molecule has 2 saturated heterocycles. The second kappa shape index (κ2) is 10.7. The molecule has 1 aromatic carbocycles. The van der Waals surface area contributed by atoms with Gasteiger partial charge in [-0.05, 0) is 37.8 Å². The Kier molecular flexibility index (Phi) is 8.26. The molecule has 0 spiro atoms. The van der Waals surface area contributed by atoms with E-state index in [1.807, 2.05) is 11.0 Å². The zero-order valence-electron chi connectivity index (χ0n) is 17.9. The number of likely N-dealkylation sites (tertiary alicyclic amines) is 1. The van der Waals surface area contributed by atoms with Crippen LogP contribution in [0.3, 0.4) is 0 Å². The predicted molar refractivity (Wildman–Crippen MR) is 116 cm³/mol. The van der Waals surface area contributed by atoms with Crippen molar-refractivity contribution >= 4 is 21.6 Å². The SMILES string of the molecule is CS(=O)(=O)N[C@H]1CCCN(C(=O)CCO)[C@H]1COC1CCN(c2ccccc2F)CC1. The summed E-state index contributed by atoms with van der Waals surface area (Å²) in [6.45, 7) is 1.81. The Bertz CT molecular complexity index is 845. The zero-order valence-corrected chi connectivity index (χ0v) is 18.7. The van der Waals surface area contributed by atoms with Crippen LogP contribution in [0.5, 0.6) is 0 Å². The van der Waals surface area contributed by atoms with Gasteiger partial charge in [0.1, 0.15) is 5.82 Å². The summed E-state index contributed by atoms with van der Waals surface area (Å²) < 4.78 is 46.5. The van der Waals surface area contributed by atoms with E-state index in [-0.39, 0.29) is 37.5 Å². The maximum Gasteiger partial charge on any atom is 0.225 e. The van der Waals surface area contributed by atoms with E-state index in [0.717, 1.165) is 19.1 Å². The van der Waals surface area contributed by atoms with Gasteiger partial charge in [0.25, 0.3) is 0 Å². The molecule has 0 saturated carbocycles. The van der Waals surface area contributed by atoms with Gasteiger partial charge in [0, 0.05) is 32.1 Å². The van der Waals surface area contributed by atoms with Crippen LogP contribution in [0.1, 0.15) is 32.1 Å². The first-order chi connectivity index (χ1) is 14.8. The van der Waals surface area contributed by atoms with E-state index in [1.54, 1.807) is 17.0 Å². The van der Waals surface area contributed by atoms with Crippen LogP contribution in [-0.4, -0.2) is 81.6 Å². The highest BCUT2D eigenvalue weighted by molar-refractivity contribution is 7.88. The van der Waals surface area contributed by atoms with Crippen LogP contribution in [-0.2, 0) is 19.6 Å². The summed E-state index contributed by atoms with van der Waals surface area (Å²) in [7, 11) is -3.44. The predicted octanol–water partition coefficient (Wildman–Crippen LogP) is 1.10. The maximum absolute atomic E-state index is 14.0. The lowest BCUT2D eigenvalue weighted by molar-refractivity contribution is -0.139. The molecule has 1 aromatic rings. The minimum absolute atomic E-state index is 0.00310. The average molecular weight is 458 g/mol. The van der Waals surface area contributed by atoms with Gasteiger partial charge in [-0.1, -0.05) is 12.1 Å². The number of amides is 1. The Morgan fingerprint density at radius 1 is 1.23 bits per heavy atom. The van der Waals surface area contributed by atoms with Gasteiger partial charge < -0.3 is 19.6 Å². The Morgan fingerprint density at radius 3 is 2.58 bits per heavy atom. The number of sulfonamides is 1. The Labute approximate surface area is 183 Å². The highest BCUT2D eigenvalue weighted by Gasteiger charge is 2.36. The maximum atomic E-state index is 14.0. The van der Waals surface area contributed by atoms with Gasteiger partial charge in [-0.3, -0.25) is 4.79 Å². The molecular weight excluding hydrogens is 425 g/mol. The molecule has 2 aliphatic heterocycles. The first kappa shape index (κ1) is 23.9. The Hall–Kier alpha value is -1.75. The fourth-order valence-corrected chi connectivity index (χ4v) is 5.26. The molecule has 10 heteroatoms. The van der Waals surface area contributed by atoms with Crippen molar-refractivity contribution in [1.29, 1.82) is 0 Å². The van der Waals surface area contributed by atoms with E-state index in [1.165, 1.54) is 6.07 Å². The van der Waals surface area contributed by atoms with Crippen LogP contribution in [0, 0.1) is 5.82 Å². The van der Waals surface area contributed by atoms with E-state index in [2.05, 4.69) is 4.72 Å². The number of halogens is 1. The van der Waals surface area contributed by atoms with Gasteiger partial charge >= 0.3 is 0 Å². The quantitative estimate of drug-likeness (QED) is 0.607. The summed E-state index contributed by atoms with van der Waals surface area (Å²) in [6, 6.07) is 5.86. The summed E-state index contributed by atoms with van der Waals surface area (Å²) in [5.41, 5.74) is 0.589. The van der Waals surface area contributed by atoms with E-state index in [4.69, 9.17) is 9.84 Å². The average Bonchev–Trinajstić information content (AvgIpc) is 2.72. The van der Waals surface area contributed by atoms with Crippen molar-refractivity contribution in [3.05, 3.63) is 30.1 Å². The molecule has 2 atom stereocenters. The number of aliphatic hydroxyl groups excluding tert-OH is 1. The number of carbonyl (C=O) groups excluding carboxylic acids is 1. The second-order valence-corrected chi connectivity index (χ2v) is 10.0. The van der Waals surface area contributed by atoms with Gasteiger partial charge in [-0.25, -0.2) is 17.5 Å². The monoisotopic (exact) mass is 457 g/mol. The Morgan fingerprint density at radius 2 is 1.94 bits per heavy atom. The van der Waals surface area contributed by atoms with Gasteiger partial charge in [0.15, 0.2) is 0 Å². The molecule has 3 rings (SSSR count). The van der Waals surface area contributed by atoms with Crippen LogP contribution >= 0.6 is 0 Å². The smallest absolute Gasteiger partial charge is 0.225 e. The van der Waals surface area contributed by atoms with Crippen LogP contribution in [0.4, 0.5) is 10.1 Å². The van der Waals surface area contributed by atoms with Crippen molar-refractivity contribution in [2.45, 2.75) is 50.3 Å². The number of nitrogens with one attached hydrogen (secondary N) is 1. The molecule has 1 amide bonds. The topological polar surface area (TPSA) is 99.2 Å². The highest BCUT2D eigenvalue weighted by Crippen LogP contribution is 2.25. The van der Waals surface area contributed by atoms with Crippen molar-refractivity contribution in [2.75, 3.05) is 44.0 Å². The molecule has 174 valence electrons.